The van der Waals surface area contributed by atoms with E-state index in [4.69, 9.17) is 19.3 Å². The van der Waals surface area contributed by atoms with Crippen molar-refractivity contribution in [1.82, 2.24) is 9.97 Å². The molecule has 0 bridgehead atoms. The minimum absolute atomic E-state index is 0. The van der Waals surface area contributed by atoms with Crippen LogP contribution in [0.25, 0.3) is 11.1 Å². The van der Waals surface area contributed by atoms with Gasteiger partial charge in [0.15, 0.2) is 5.75 Å². The Morgan fingerprint density at radius 2 is 1.39 bits per heavy atom. The summed E-state index contributed by atoms with van der Waals surface area (Å²) in [6.45, 7) is 2.46. The van der Waals surface area contributed by atoms with Crippen molar-refractivity contribution in [2.45, 2.75) is 64.2 Å². The van der Waals surface area contributed by atoms with Crippen LogP contribution in [-0.2, 0) is 36.4 Å². The molecule has 1 heterocycles. The zero-order valence-electron chi connectivity index (χ0n) is 30.7. The summed E-state index contributed by atoms with van der Waals surface area (Å²) < 4.78 is 142. The fourth-order valence-corrected chi connectivity index (χ4v) is 5.39. The molecule has 1 N–H and O–H groups in total. The number of hydrogen-bond donors (Lipinski definition) is 1. The van der Waals surface area contributed by atoms with Crippen molar-refractivity contribution in [1.29, 1.82) is 0 Å². The molecule has 4 rings (SSSR count). The summed E-state index contributed by atoms with van der Waals surface area (Å²) in [5.41, 5.74) is -3.65. The van der Waals surface area contributed by atoms with Crippen LogP contribution in [0.4, 0.5) is 45.5 Å². The summed E-state index contributed by atoms with van der Waals surface area (Å²) in [7, 11) is 2.40. The number of halogens is 9. The zero-order valence-corrected chi connectivity index (χ0v) is 31.7. The van der Waals surface area contributed by atoms with E-state index in [9.17, 15) is 44.3 Å². The number of nitrogens with zero attached hydrogens (tertiary/aromatic N) is 3. The van der Waals surface area contributed by atoms with Crippen LogP contribution in [0, 0.1) is 0 Å². The standard InChI is InChI=1S/C36H34F9N3O5.Na.H/c1-20(2)22-7-8-30(51-3)28(12-22)27-15-31(52-4)29(36(43,44)45)13-23(27)19-48(33-46-16-26(17-47-33)53-9-5-6-32(49)50)18-21-10-24(34(37,38)39)14-25(11-21)35(40,41)42;;/h7-8,10-17,20H,5-6,9,18-19H2,1-4H3,(H,49,50);;/q;+1;-1. The summed E-state index contributed by atoms with van der Waals surface area (Å²) in [4.78, 5) is 20.2. The molecule has 0 spiro atoms. The smallest absolute Gasteiger partial charge is 1.00 e. The van der Waals surface area contributed by atoms with E-state index in [1.807, 2.05) is 13.8 Å². The predicted octanol–water partition coefficient (Wildman–Crippen LogP) is 6.91. The molecule has 0 unspecified atom stereocenters. The van der Waals surface area contributed by atoms with Crippen LogP contribution < -0.4 is 48.7 Å². The first-order chi connectivity index (χ1) is 24.7. The van der Waals surface area contributed by atoms with Gasteiger partial charge >= 0.3 is 54.1 Å². The van der Waals surface area contributed by atoms with Gasteiger partial charge in [0.25, 0.3) is 0 Å². The van der Waals surface area contributed by atoms with Crippen molar-refractivity contribution in [3.05, 3.63) is 94.3 Å². The largest absolute Gasteiger partial charge is 1.00 e. The second-order valence-corrected chi connectivity index (χ2v) is 12.2. The van der Waals surface area contributed by atoms with Crippen molar-refractivity contribution in [3.63, 3.8) is 0 Å². The Labute approximate surface area is 328 Å². The molecule has 0 aliphatic rings. The van der Waals surface area contributed by atoms with E-state index in [2.05, 4.69) is 9.97 Å². The fraction of sp³-hybridized carbons (Fsp3) is 0.361. The van der Waals surface area contributed by atoms with Crippen molar-refractivity contribution in [3.8, 4) is 28.4 Å². The minimum atomic E-state index is -5.17. The number of anilines is 1. The third-order valence-electron chi connectivity index (χ3n) is 7.99. The molecule has 3 aromatic carbocycles. The molecular formula is C36H35F9N3NaO5. The van der Waals surface area contributed by atoms with Crippen molar-refractivity contribution >= 4 is 11.9 Å². The number of benzene rings is 3. The Kier molecular flexibility index (Phi) is 14.7. The Balaban J connectivity index is 0.00000523. The molecule has 288 valence electrons. The Hall–Kier alpha value is -4.22. The van der Waals surface area contributed by atoms with Gasteiger partial charge < -0.3 is 25.6 Å². The van der Waals surface area contributed by atoms with E-state index in [0.717, 1.165) is 42.1 Å². The Morgan fingerprint density at radius 1 is 0.796 bits per heavy atom. The molecule has 0 aliphatic heterocycles. The third-order valence-corrected chi connectivity index (χ3v) is 7.99. The zero-order chi connectivity index (χ0) is 39.3. The summed E-state index contributed by atoms with van der Waals surface area (Å²) in [6.07, 6.45) is -13.1. The molecule has 8 nitrogen and oxygen atoms in total. The molecule has 0 atom stereocenters. The van der Waals surface area contributed by atoms with E-state index < -0.39 is 65.6 Å². The van der Waals surface area contributed by atoms with Crippen molar-refractivity contribution < 1.29 is 94.6 Å². The van der Waals surface area contributed by atoms with E-state index >= 15 is 0 Å². The number of carboxylic acid groups (broad SMARTS) is 1. The molecule has 0 aliphatic carbocycles. The second kappa shape index (κ2) is 17.9. The van der Waals surface area contributed by atoms with E-state index in [1.165, 1.54) is 7.11 Å². The maximum Gasteiger partial charge on any atom is 1.00 e. The molecule has 0 saturated carbocycles. The number of aromatic nitrogens is 2. The fourth-order valence-electron chi connectivity index (χ4n) is 5.39. The molecule has 1 aromatic heterocycles. The van der Waals surface area contributed by atoms with Crippen LogP contribution in [-0.4, -0.2) is 41.9 Å². The van der Waals surface area contributed by atoms with Gasteiger partial charge in [-0.3, -0.25) is 4.79 Å². The van der Waals surface area contributed by atoms with E-state index in [0.29, 0.717) is 17.7 Å². The topological polar surface area (TPSA) is 94.0 Å². The van der Waals surface area contributed by atoms with Crippen LogP contribution in [0.3, 0.4) is 0 Å². The maximum atomic E-state index is 14.4. The monoisotopic (exact) mass is 783 g/mol. The maximum absolute atomic E-state index is 14.4. The van der Waals surface area contributed by atoms with Gasteiger partial charge in [0.2, 0.25) is 5.95 Å². The predicted molar refractivity (Wildman–Crippen MR) is 176 cm³/mol. The number of methoxy groups -OCH3 is 2. The summed E-state index contributed by atoms with van der Waals surface area (Å²) in [6, 6.07) is 8.00. The van der Waals surface area contributed by atoms with Gasteiger partial charge in [-0.15, -0.1) is 0 Å². The van der Waals surface area contributed by atoms with Gasteiger partial charge in [-0.05, 0) is 77.1 Å². The van der Waals surface area contributed by atoms with Crippen LogP contribution in [0.1, 0.15) is 67.4 Å². The van der Waals surface area contributed by atoms with E-state index in [-0.39, 0.29) is 91.0 Å². The number of carbonyl (C=O) groups is 1. The normalized spacial score (nSPS) is 12.0. The van der Waals surface area contributed by atoms with Crippen LogP contribution in [0.5, 0.6) is 17.2 Å². The second-order valence-electron chi connectivity index (χ2n) is 12.2. The number of carboxylic acids is 1. The molecule has 0 saturated heterocycles. The first-order valence-electron chi connectivity index (χ1n) is 15.9. The summed E-state index contributed by atoms with van der Waals surface area (Å²) >= 11 is 0. The summed E-state index contributed by atoms with van der Waals surface area (Å²) in [5, 5.41) is 8.84. The molecule has 54 heavy (non-hydrogen) atoms. The van der Waals surface area contributed by atoms with Crippen molar-refractivity contribution in [2.24, 2.45) is 0 Å². The van der Waals surface area contributed by atoms with Gasteiger partial charge in [-0.2, -0.15) is 39.5 Å². The van der Waals surface area contributed by atoms with Crippen LogP contribution >= 0.6 is 0 Å². The van der Waals surface area contributed by atoms with E-state index in [1.54, 1.807) is 18.2 Å². The number of aliphatic carboxylic acids is 1. The van der Waals surface area contributed by atoms with Gasteiger partial charge in [0.1, 0.15) is 11.5 Å². The van der Waals surface area contributed by atoms with Gasteiger partial charge in [0.05, 0.1) is 49.9 Å². The Bertz CT molecular complexity index is 1880. The number of ether oxygens (including phenoxy) is 3. The molecule has 0 amide bonds. The minimum Gasteiger partial charge on any atom is -1.00 e. The molecule has 0 radical (unpaired) electrons. The van der Waals surface area contributed by atoms with Gasteiger partial charge in [-0.25, -0.2) is 9.97 Å². The SMILES string of the molecule is COc1ccc(C(C)C)cc1-c1cc(OC)c(C(F)(F)F)cc1CN(Cc1cc(C(F)(F)F)cc(C(F)(F)F)c1)c1ncc(OCCCC(=O)O)cn1.[H-].[Na+]. The average Bonchev–Trinajstić information content (AvgIpc) is 3.08. The molecule has 0 fully saturated rings. The molecule has 18 heteroatoms. The first-order valence-corrected chi connectivity index (χ1v) is 15.9. The Morgan fingerprint density at radius 3 is 1.89 bits per heavy atom. The third kappa shape index (κ3) is 11.4. The first kappa shape index (κ1) is 44.2. The van der Waals surface area contributed by atoms with Gasteiger partial charge in [0, 0.05) is 25.1 Å². The number of rotatable bonds is 14. The van der Waals surface area contributed by atoms with Crippen LogP contribution in [0.15, 0.2) is 60.9 Å². The molecule has 4 aromatic rings. The van der Waals surface area contributed by atoms with Crippen molar-refractivity contribution in [2.75, 3.05) is 25.7 Å². The number of alkyl halides is 9. The van der Waals surface area contributed by atoms with Crippen LogP contribution in [0.2, 0.25) is 0 Å². The summed E-state index contributed by atoms with van der Waals surface area (Å²) in [5.74, 6) is -1.60. The number of hydrogen-bond acceptors (Lipinski definition) is 7. The molecular weight excluding hydrogens is 748 g/mol. The average molecular weight is 784 g/mol. The quantitative estimate of drug-likeness (QED) is 0.0839. The van der Waals surface area contributed by atoms with Gasteiger partial charge in [-0.1, -0.05) is 19.9 Å².